The minimum absolute atomic E-state index is 0.125. The number of ether oxygens (including phenoxy) is 2. The average Bonchev–Trinajstić information content (AvgIpc) is 3.09. The van der Waals surface area contributed by atoms with Gasteiger partial charge in [0.2, 0.25) is 0 Å². The molecule has 0 aliphatic carbocycles. The third-order valence-electron chi connectivity index (χ3n) is 4.15. The molecule has 1 aromatic carbocycles. The largest absolute Gasteiger partial charge is 0.484 e. The van der Waals surface area contributed by atoms with Crippen LogP contribution in [0.4, 0.5) is 5.69 Å². The van der Waals surface area contributed by atoms with Crippen LogP contribution in [0, 0.1) is 6.92 Å². The zero-order valence-corrected chi connectivity index (χ0v) is 15.5. The number of allylic oxidation sites excluding steroid dienone is 1. The van der Waals surface area contributed by atoms with Crippen LogP contribution in [0.1, 0.15) is 25.0 Å². The maximum Gasteiger partial charge on any atom is 0.302 e. The van der Waals surface area contributed by atoms with Crippen LogP contribution in [0.2, 0.25) is 0 Å². The number of anilines is 1. The zero-order chi connectivity index (χ0) is 19.4. The lowest BCUT2D eigenvalue weighted by Crippen LogP contribution is -2.08. The van der Waals surface area contributed by atoms with E-state index < -0.39 is 0 Å². The van der Waals surface area contributed by atoms with Crippen LogP contribution < -0.4 is 5.32 Å². The van der Waals surface area contributed by atoms with E-state index in [-0.39, 0.29) is 18.0 Å². The molecule has 0 saturated carbocycles. The lowest BCUT2D eigenvalue weighted by molar-refractivity contribution is -0.137. The summed E-state index contributed by atoms with van der Waals surface area (Å²) >= 11 is 0. The van der Waals surface area contributed by atoms with Crippen LogP contribution in [0.3, 0.4) is 0 Å². The highest BCUT2D eigenvalue weighted by Crippen LogP contribution is 2.41. The van der Waals surface area contributed by atoms with Crippen molar-refractivity contribution < 1.29 is 19.1 Å². The molecule has 26 heavy (non-hydrogen) atoms. The number of methoxy groups -OCH3 is 1. The molecule has 2 aliphatic rings. The van der Waals surface area contributed by atoms with Gasteiger partial charge >= 0.3 is 5.97 Å². The fourth-order valence-corrected chi connectivity index (χ4v) is 2.85. The van der Waals surface area contributed by atoms with E-state index in [0.717, 1.165) is 28.0 Å². The summed E-state index contributed by atoms with van der Waals surface area (Å²) in [6.07, 6.45) is 3.36. The maximum absolute atomic E-state index is 12.4. The van der Waals surface area contributed by atoms with Crippen LogP contribution in [0.5, 0.6) is 0 Å². The topological polar surface area (TPSA) is 64.6 Å². The van der Waals surface area contributed by atoms with Crippen molar-refractivity contribution >= 4 is 23.1 Å². The lowest BCUT2D eigenvalue weighted by atomic mass is 9.99. The first-order valence-corrected chi connectivity index (χ1v) is 8.21. The van der Waals surface area contributed by atoms with Gasteiger partial charge in [0.25, 0.3) is 5.91 Å². The number of carbonyl (C=O) groups is 2. The summed E-state index contributed by atoms with van der Waals surface area (Å²) in [6, 6.07) is 5.90. The van der Waals surface area contributed by atoms with Crippen molar-refractivity contribution in [2.75, 3.05) is 12.4 Å². The molecule has 0 fully saturated rings. The predicted molar refractivity (Wildman–Crippen MR) is 102 cm³/mol. The van der Waals surface area contributed by atoms with Crippen molar-refractivity contribution in [3.8, 4) is 0 Å². The average molecular weight is 353 g/mol. The molecule has 136 valence electrons. The van der Waals surface area contributed by atoms with Gasteiger partial charge in [0.15, 0.2) is 0 Å². The summed E-state index contributed by atoms with van der Waals surface area (Å²) in [7, 11) is 1.35. The summed E-state index contributed by atoms with van der Waals surface area (Å²) in [5.41, 5.74) is 5.18. The van der Waals surface area contributed by atoms with E-state index in [0.29, 0.717) is 11.3 Å². The summed E-state index contributed by atoms with van der Waals surface area (Å²) in [5, 5.41) is 2.90. The first kappa shape index (κ1) is 19.2. The third kappa shape index (κ3) is 3.61. The monoisotopic (exact) mass is 353 g/mol. The van der Waals surface area contributed by atoms with Gasteiger partial charge in [-0.25, -0.2) is 0 Å². The normalized spacial score (nSPS) is 20.5. The maximum atomic E-state index is 12.4. The highest BCUT2D eigenvalue weighted by Gasteiger charge is 2.34. The Bertz CT molecular complexity index is 846. The van der Waals surface area contributed by atoms with Crippen molar-refractivity contribution in [3.05, 3.63) is 71.5 Å². The van der Waals surface area contributed by atoms with Gasteiger partial charge < -0.3 is 14.8 Å². The van der Waals surface area contributed by atoms with Gasteiger partial charge in [-0.15, -0.1) is 0 Å². The number of hydrogen-bond donors (Lipinski definition) is 1. The second kappa shape index (κ2) is 7.87. The Labute approximate surface area is 153 Å². The van der Waals surface area contributed by atoms with Crippen LogP contribution in [0.15, 0.2) is 60.4 Å². The number of hydrogen-bond acceptors (Lipinski definition) is 4. The Morgan fingerprint density at radius 2 is 1.96 bits per heavy atom. The molecule has 2 heterocycles. The van der Waals surface area contributed by atoms with E-state index in [9.17, 15) is 9.59 Å². The van der Waals surface area contributed by atoms with Crippen LogP contribution >= 0.6 is 0 Å². The first-order chi connectivity index (χ1) is 12.3. The Balaban J connectivity index is 0.000000431. The Hall–Kier alpha value is -3.08. The van der Waals surface area contributed by atoms with Gasteiger partial charge in [0.1, 0.15) is 11.9 Å². The molecule has 5 nitrogen and oxygen atoms in total. The van der Waals surface area contributed by atoms with Crippen molar-refractivity contribution in [2.45, 2.75) is 26.9 Å². The molecule has 0 bridgehead atoms. The zero-order valence-electron chi connectivity index (χ0n) is 15.5. The smallest absolute Gasteiger partial charge is 0.302 e. The molecule has 0 saturated heterocycles. The van der Waals surface area contributed by atoms with Crippen LogP contribution in [-0.4, -0.2) is 25.1 Å². The molecular weight excluding hydrogens is 330 g/mol. The van der Waals surface area contributed by atoms with Crippen molar-refractivity contribution in [1.82, 2.24) is 0 Å². The van der Waals surface area contributed by atoms with Gasteiger partial charge in [-0.1, -0.05) is 37.4 Å². The van der Waals surface area contributed by atoms with Gasteiger partial charge in [-0.05, 0) is 25.5 Å². The summed E-state index contributed by atoms with van der Waals surface area (Å²) in [5.74, 6) is 0.208. The minimum Gasteiger partial charge on any atom is -0.484 e. The number of esters is 1. The minimum atomic E-state index is -0.245. The Morgan fingerprint density at radius 1 is 1.31 bits per heavy atom. The third-order valence-corrected chi connectivity index (χ3v) is 4.15. The van der Waals surface area contributed by atoms with Gasteiger partial charge in [-0.3, -0.25) is 9.59 Å². The number of aryl methyl sites for hydroxylation is 1. The SMILES string of the molecule is C=CC1=C(C=C)C(C)O/C1=C1/C(=O)Nc2cc(C)ccc21.COC(C)=O. The number of fused-ring (bicyclic) bond motifs is 1. The highest BCUT2D eigenvalue weighted by molar-refractivity contribution is 6.32. The summed E-state index contributed by atoms with van der Waals surface area (Å²) in [4.78, 5) is 22.0. The van der Waals surface area contributed by atoms with E-state index in [2.05, 4.69) is 23.2 Å². The highest BCUT2D eigenvalue weighted by atomic mass is 16.5. The molecule has 1 atom stereocenters. The van der Waals surface area contributed by atoms with Crippen molar-refractivity contribution in [3.63, 3.8) is 0 Å². The molecule has 1 aromatic rings. The lowest BCUT2D eigenvalue weighted by Gasteiger charge is -2.09. The standard InChI is InChI=1S/C18H17NO2.C3H6O2/c1-5-12-11(4)21-17(13(12)6-2)16-14-8-7-10(3)9-15(14)19-18(16)20;1-3(4)5-2/h5-9,11H,1-2H2,3-4H3,(H,19,20);1-2H3/b17-16+;. The number of carbonyl (C=O) groups excluding carboxylic acids is 2. The number of benzene rings is 1. The van der Waals surface area contributed by atoms with Crippen molar-refractivity contribution in [1.29, 1.82) is 0 Å². The van der Waals surface area contributed by atoms with E-state index in [1.165, 1.54) is 14.0 Å². The fourth-order valence-electron chi connectivity index (χ4n) is 2.85. The Morgan fingerprint density at radius 3 is 2.50 bits per heavy atom. The molecule has 2 aliphatic heterocycles. The molecular formula is C21H23NO4. The summed E-state index contributed by atoms with van der Waals surface area (Å²) in [6.45, 7) is 13.0. The number of nitrogens with one attached hydrogen (secondary N) is 1. The second-order valence-corrected chi connectivity index (χ2v) is 5.94. The molecule has 1 N–H and O–H groups in total. The van der Waals surface area contributed by atoms with E-state index in [1.807, 2.05) is 32.0 Å². The molecule has 3 rings (SSSR count). The van der Waals surface area contributed by atoms with Gasteiger partial charge in [-0.2, -0.15) is 0 Å². The molecule has 0 aromatic heterocycles. The number of amides is 1. The molecule has 5 heteroatoms. The summed E-state index contributed by atoms with van der Waals surface area (Å²) < 4.78 is 10.0. The van der Waals surface area contributed by atoms with E-state index >= 15 is 0 Å². The molecule has 1 amide bonds. The van der Waals surface area contributed by atoms with E-state index in [1.54, 1.807) is 12.2 Å². The van der Waals surface area contributed by atoms with Crippen LogP contribution in [0.25, 0.3) is 5.57 Å². The van der Waals surface area contributed by atoms with Crippen molar-refractivity contribution in [2.24, 2.45) is 0 Å². The molecule has 1 unspecified atom stereocenters. The number of rotatable bonds is 2. The van der Waals surface area contributed by atoms with Crippen LogP contribution in [-0.2, 0) is 19.1 Å². The first-order valence-electron chi connectivity index (χ1n) is 8.21. The van der Waals surface area contributed by atoms with E-state index in [4.69, 9.17) is 4.74 Å². The second-order valence-electron chi connectivity index (χ2n) is 5.94. The van der Waals surface area contributed by atoms with Gasteiger partial charge in [0.05, 0.1) is 12.7 Å². The molecule has 0 radical (unpaired) electrons. The fraction of sp³-hybridized carbons (Fsp3) is 0.238. The predicted octanol–water partition coefficient (Wildman–Crippen LogP) is 3.92. The molecule has 0 spiro atoms. The Kier molecular flexibility index (Phi) is 5.82. The van der Waals surface area contributed by atoms with Gasteiger partial charge in [0, 0.05) is 29.3 Å². The quantitative estimate of drug-likeness (QED) is 0.646.